The molecule has 1 amide bonds. The van der Waals surface area contributed by atoms with Gasteiger partial charge < -0.3 is 19.5 Å². The van der Waals surface area contributed by atoms with Gasteiger partial charge in [0.1, 0.15) is 16.9 Å². The minimum atomic E-state index is -0.795. The van der Waals surface area contributed by atoms with Crippen LogP contribution in [-0.4, -0.2) is 37.8 Å². The first kappa shape index (κ1) is 21.2. The molecule has 0 aromatic heterocycles. The number of rotatable bonds is 8. The van der Waals surface area contributed by atoms with E-state index in [1.165, 1.54) is 7.11 Å². The molecule has 1 saturated carbocycles. The van der Waals surface area contributed by atoms with Crippen LogP contribution in [0.4, 0.5) is 5.69 Å². The third kappa shape index (κ3) is 5.45. The molecule has 150 valence electrons. The molecule has 1 fully saturated rings. The third-order valence-corrected chi connectivity index (χ3v) is 4.86. The molecule has 1 aliphatic rings. The van der Waals surface area contributed by atoms with Crippen molar-refractivity contribution in [3.8, 4) is 5.75 Å². The molecule has 27 heavy (non-hydrogen) atoms. The van der Waals surface area contributed by atoms with Gasteiger partial charge in [0.2, 0.25) is 0 Å². The Morgan fingerprint density at radius 1 is 1.11 bits per heavy atom. The Labute approximate surface area is 161 Å². The molecular formula is C21H31NO5. The minimum absolute atomic E-state index is 0.141. The van der Waals surface area contributed by atoms with Gasteiger partial charge in [-0.2, -0.15) is 0 Å². The van der Waals surface area contributed by atoms with Gasteiger partial charge in [0.05, 0.1) is 13.7 Å². The summed E-state index contributed by atoms with van der Waals surface area (Å²) in [6.07, 6.45) is 6.52. The van der Waals surface area contributed by atoms with E-state index in [-0.39, 0.29) is 12.5 Å². The number of carbonyl (C=O) groups is 2. The Bertz CT molecular complexity index is 635. The van der Waals surface area contributed by atoms with E-state index in [0.29, 0.717) is 23.6 Å². The normalized spacial score (nSPS) is 16.3. The number of ether oxygens (including phenoxy) is 3. The zero-order valence-electron chi connectivity index (χ0n) is 16.6. The van der Waals surface area contributed by atoms with Crippen LogP contribution in [0, 0.1) is 0 Å². The van der Waals surface area contributed by atoms with Crippen molar-refractivity contribution in [1.29, 1.82) is 0 Å². The van der Waals surface area contributed by atoms with Gasteiger partial charge in [0.25, 0.3) is 5.91 Å². The van der Waals surface area contributed by atoms with E-state index in [2.05, 4.69) is 5.32 Å². The Morgan fingerprint density at radius 2 is 1.81 bits per heavy atom. The predicted molar refractivity (Wildman–Crippen MR) is 104 cm³/mol. The van der Waals surface area contributed by atoms with Crippen LogP contribution in [0.2, 0.25) is 0 Å². The highest BCUT2D eigenvalue weighted by Crippen LogP contribution is 2.33. The number of anilines is 1. The standard InChI is InChI=1S/C21H31NO5/c1-4-14-27-21(12-8-6-7-9-13-21)20(24)22-16-10-11-18(25-3)17(15-16)19(23)26-5-2/h10-11,15H,4-9,12-14H2,1-3H3,(H,22,24). The van der Waals surface area contributed by atoms with Crippen molar-refractivity contribution in [3.63, 3.8) is 0 Å². The molecule has 0 radical (unpaired) electrons. The highest BCUT2D eigenvalue weighted by atomic mass is 16.5. The molecule has 2 rings (SSSR count). The summed E-state index contributed by atoms with van der Waals surface area (Å²) in [7, 11) is 1.50. The van der Waals surface area contributed by atoms with E-state index in [1.54, 1.807) is 25.1 Å². The molecule has 0 atom stereocenters. The predicted octanol–water partition coefficient (Wildman–Crippen LogP) is 4.33. The lowest BCUT2D eigenvalue weighted by molar-refractivity contribution is -0.143. The van der Waals surface area contributed by atoms with Gasteiger partial charge in [0.15, 0.2) is 0 Å². The fourth-order valence-corrected chi connectivity index (χ4v) is 3.43. The Morgan fingerprint density at radius 3 is 2.41 bits per heavy atom. The number of methoxy groups -OCH3 is 1. The molecule has 1 aromatic rings. The van der Waals surface area contributed by atoms with Crippen LogP contribution in [-0.2, 0) is 14.3 Å². The van der Waals surface area contributed by atoms with Crippen LogP contribution in [0.3, 0.4) is 0 Å². The van der Waals surface area contributed by atoms with Gasteiger partial charge in [-0.25, -0.2) is 4.79 Å². The van der Waals surface area contributed by atoms with Crippen molar-refractivity contribution < 1.29 is 23.8 Å². The fourth-order valence-electron chi connectivity index (χ4n) is 3.43. The van der Waals surface area contributed by atoms with Gasteiger partial charge in [0, 0.05) is 12.3 Å². The molecule has 0 heterocycles. The van der Waals surface area contributed by atoms with E-state index < -0.39 is 11.6 Å². The van der Waals surface area contributed by atoms with Crippen molar-refractivity contribution in [1.82, 2.24) is 0 Å². The number of hydrogen-bond acceptors (Lipinski definition) is 5. The van der Waals surface area contributed by atoms with Crippen molar-refractivity contribution in [3.05, 3.63) is 23.8 Å². The summed E-state index contributed by atoms with van der Waals surface area (Å²) >= 11 is 0. The van der Waals surface area contributed by atoms with Crippen LogP contribution >= 0.6 is 0 Å². The molecule has 0 bridgehead atoms. The Hall–Kier alpha value is -2.08. The van der Waals surface area contributed by atoms with E-state index >= 15 is 0 Å². The smallest absolute Gasteiger partial charge is 0.341 e. The zero-order valence-corrected chi connectivity index (χ0v) is 16.6. The monoisotopic (exact) mass is 377 g/mol. The molecule has 0 aliphatic heterocycles. The number of hydrogen-bond donors (Lipinski definition) is 1. The van der Waals surface area contributed by atoms with Crippen LogP contribution in [0.5, 0.6) is 5.75 Å². The maximum absolute atomic E-state index is 13.1. The van der Waals surface area contributed by atoms with Gasteiger partial charge in [-0.1, -0.05) is 32.6 Å². The van der Waals surface area contributed by atoms with E-state index in [9.17, 15) is 9.59 Å². The third-order valence-electron chi connectivity index (χ3n) is 4.86. The fraction of sp³-hybridized carbons (Fsp3) is 0.619. The van der Waals surface area contributed by atoms with Crippen molar-refractivity contribution in [2.24, 2.45) is 0 Å². The van der Waals surface area contributed by atoms with Crippen LogP contribution in [0.25, 0.3) is 0 Å². The maximum atomic E-state index is 13.1. The van der Waals surface area contributed by atoms with Gasteiger partial charge in [-0.3, -0.25) is 4.79 Å². The summed E-state index contributed by atoms with van der Waals surface area (Å²) in [6, 6.07) is 4.98. The molecule has 0 spiro atoms. The van der Waals surface area contributed by atoms with Gasteiger partial charge in [-0.05, 0) is 44.4 Å². The number of carbonyl (C=O) groups excluding carboxylic acids is 2. The Kier molecular flexibility index (Phi) is 8.10. The molecule has 1 aromatic carbocycles. The van der Waals surface area contributed by atoms with Crippen LogP contribution in [0.15, 0.2) is 18.2 Å². The molecule has 1 aliphatic carbocycles. The topological polar surface area (TPSA) is 73.9 Å². The quantitative estimate of drug-likeness (QED) is 0.539. The lowest BCUT2D eigenvalue weighted by atomic mass is 9.92. The maximum Gasteiger partial charge on any atom is 0.341 e. The molecule has 0 saturated heterocycles. The summed E-state index contributed by atoms with van der Waals surface area (Å²) in [5.74, 6) is -0.201. The second-order valence-electron chi connectivity index (χ2n) is 6.85. The first-order valence-electron chi connectivity index (χ1n) is 9.87. The molecular weight excluding hydrogens is 346 g/mol. The lowest BCUT2D eigenvalue weighted by Gasteiger charge is -2.31. The van der Waals surface area contributed by atoms with E-state index in [4.69, 9.17) is 14.2 Å². The van der Waals surface area contributed by atoms with Gasteiger partial charge >= 0.3 is 5.97 Å². The zero-order chi connectivity index (χ0) is 19.7. The highest BCUT2D eigenvalue weighted by Gasteiger charge is 2.39. The molecule has 6 heteroatoms. The van der Waals surface area contributed by atoms with Crippen molar-refractivity contribution in [2.75, 3.05) is 25.6 Å². The van der Waals surface area contributed by atoms with E-state index in [1.807, 2.05) is 6.92 Å². The first-order chi connectivity index (χ1) is 13.1. The molecule has 1 N–H and O–H groups in total. The number of benzene rings is 1. The van der Waals surface area contributed by atoms with Crippen molar-refractivity contribution in [2.45, 2.75) is 64.4 Å². The van der Waals surface area contributed by atoms with Crippen LogP contribution < -0.4 is 10.1 Å². The van der Waals surface area contributed by atoms with Gasteiger partial charge in [-0.15, -0.1) is 0 Å². The first-order valence-corrected chi connectivity index (χ1v) is 9.87. The second kappa shape index (κ2) is 10.3. The van der Waals surface area contributed by atoms with Crippen molar-refractivity contribution >= 4 is 17.6 Å². The summed E-state index contributed by atoms with van der Waals surface area (Å²) in [5.41, 5.74) is 0.0328. The average molecular weight is 377 g/mol. The van der Waals surface area contributed by atoms with E-state index in [0.717, 1.165) is 44.9 Å². The molecule has 0 unspecified atom stereocenters. The lowest BCUT2D eigenvalue weighted by Crippen LogP contribution is -2.45. The minimum Gasteiger partial charge on any atom is -0.496 e. The number of amides is 1. The largest absolute Gasteiger partial charge is 0.496 e. The average Bonchev–Trinajstić information content (AvgIpc) is 2.93. The van der Waals surface area contributed by atoms with Crippen LogP contribution in [0.1, 0.15) is 69.2 Å². The molecule has 6 nitrogen and oxygen atoms in total. The summed E-state index contributed by atoms with van der Waals surface area (Å²) in [6.45, 7) is 4.62. The SMILES string of the molecule is CCCOC1(C(=O)Nc2ccc(OC)c(C(=O)OCC)c2)CCCCCC1. The summed E-state index contributed by atoms with van der Waals surface area (Å²) < 4.78 is 16.4. The summed E-state index contributed by atoms with van der Waals surface area (Å²) in [4.78, 5) is 25.3. The highest BCUT2D eigenvalue weighted by molar-refractivity contribution is 5.99. The number of nitrogens with one attached hydrogen (secondary N) is 1. The summed E-state index contributed by atoms with van der Waals surface area (Å²) in [5, 5.41) is 2.95. The Balaban J connectivity index is 2.23. The second-order valence-corrected chi connectivity index (χ2v) is 6.85. The number of esters is 1.